The summed E-state index contributed by atoms with van der Waals surface area (Å²) >= 11 is 9.37. The third kappa shape index (κ3) is 5.24. The van der Waals surface area contributed by atoms with Crippen LogP contribution in [0.4, 0.5) is 0 Å². The summed E-state index contributed by atoms with van der Waals surface area (Å²) in [5, 5.41) is 4.12. The molecule has 1 saturated heterocycles. The van der Waals surface area contributed by atoms with Gasteiger partial charge in [-0.2, -0.15) is 0 Å². The van der Waals surface area contributed by atoms with E-state index in [1.165, 1.54) is 12.8 Å². The zero-order valence-electron chi connectivity index (χ0n) is 11.9. The molecule has 0 unspecified atom stereocenters. The monoisotopic (exact) mass is 360 g/mol. The smallest absolute Gasteiger partial charge is 0.133 e. The van der Waals surface area contributed by atoms with Crippen molar-refractivity contribution in [3.8, 4) is 5.75 Å². The van der Waals surface area contributed by atoms with E-state index in [-0.39, 0.29) is 0 Å². The third-order valence-corrected chi connectivity index (χ3v) is 4.51. The molecule has 20 heavy (non-hydrogen) atoms. The number of rotatable bonds is 6. The molecular formula is C15H22BrClN2O. The summed E-state index contributed by atoms with van der Waals surface area (Å²) in [7, 11) is 2.17. The van der Waals surface area contributed by atoms with Gasteiger partial charge in [0.1, 0.15) is 12.4 Å². The molecule has 0 radical (unpaired) electrons. The molecule has 1 aromatic carbocycles. The fourth-order valence-corrected chi connectivity index (χ4v) is 3.30. The number of nitrogens with zero attached hydrogens (tertiary/aromatic N) is 1. The number of nitrogens with one attached hydrogen (secondary N) is 1. The minimum atomic E-state index is 0.696. The Morgan fingerprint density at radius 1 is 1.40 bits per heavy atom. The van der Waals surface area contributed by atoms with Crippen LogP contribution in [-0.2, 0) is 0 Å². The van der Waals surface area contributed by atoms with Gasteiger partial charge in [-0.15, -0.1) is 0 Å². The zero-order chi connectivity index (χ0) is 14.4. The number of hydrogen-bond acceptors (Lipinski definition) is 3. The number of hydrogen-bond donors (Lipinski definition) is 1. The Morgan fingerprint density at radius 2 is 2.15 bits per heavy atom. The molecule has 112 valence electrons. The molecule has 1 aliphatic heterocycles. The topological polar surface area (TPSA) is 24.5 Å². The molecular weight excluding hydrogens is 340 g/mol. The van der Waals surface area contributed by atoms with E-state index >= 15 is 0 Å². The van der Waals surface area contributed by atoms with Gasteiger partial charge < -0.3 is 15.0 Å². The van der Waals surface area contributed by atoms with E-state index in [4.69, 9.17) is 16.3 Å². The minimum Gasteiger partial charge on any atom is -0.491 e. The van der Waals surface area contributed by atoms with Gasteiger partial charge >= 0.3 is 0 Å². The van der Waals surface area contributed by atoms with Crippen molar-refractivity contribution in [1.82, 2.24) is 10.2 Å². The van der Waals surface area contributed by atoms with E-state index < -0.39 is 0 Å². The van der Waals surface area contributed by atoms with Crippen LogP contribution in [0.15, 0.2) is 22.7 Å². The van der Waals surface area contributed by atoms with E-state index in [1.807, 2.05) is 18.2 Å². The van der Waals surface area contributed by atoms with E-state index in [2.05, 4.69) is 33.2 Å². The largest absolute Gasteiger partial charge is 0.491 e. The fourth-order valence-electron chi connectivity index (χ4n) is 2.50. The van der Waals surface area contributed by atoms with Crippen molar-refractivity contribution in [2.75, 3.05) is 39.8 Å². The van der Waals surface area contributed by atoms with Crippen molar-refractivity contribution in [2.24, 2.45) is 5.92 Å². The molecule has 0 amide bonds. The second-order valence-electron chi connectivity index (χ2n) is 5.38. The SMILES string of the molecule is CN(CCOc1ccc(Cl)cc1Br)CC1CCNCC1. The van der Waals surface area contributed by atoms with Gasteiger partial charge in [-0.05, 0) is 73.0 Å². The second kappa shape index (κ2) is 8.23. The Hall–Kier alpha value is -0.290. The van der Waals surface area contributed by atoms with Crippen molar-refractivity contribution < 1.29 is 4.74 Å². The number of benzene rings is 1. The normalized spacial score (nSPS) is 16.6. The van der Waals surface area contributed by atoms with Gasteiger partial charge in [0.05, 0.1) is 4.47 Å². The Balaban J connectivity index is 1.69. The summed E-state index contributed by atoms with van der Waals surface area (Å²) in [5.41, 5.74) is 0. The maximum absolute atomic E-state index is 5.91. The summed E-state index contributed by atoms with van der Waals surface area (Å²) < 4.78 is 6.70. The van der Waals surface area contributed by atoms with Crippen LogP contribution in [-0.4, -0.2) is 44.7 Å². The first kappa shape index (κ1) is 16.1. The summed E-state index contributed by atoms with van der Waals surface area (Å²) in [5.74, 6) is 1.67. The Labute approximate surface area is 134 Å². The van der Waals surface area contributed by atoms with Gasteiger partial charge in [-0.25, -0.2) is 0 Å². The van der Waals surface area contributed by atoms with Crippen LogP contribution < -0.4 is 10.1 Å². The van der Waals surface area contributed by atoms with Gasteiger partial charge in [0.15, 0.2) is 0 Å². The first-order chi connectivity index (χ1) is 9.65. The first-order valence-corrected chi connectivity index (χ1v) is 8.29. The van der Waals surface area contributed by atoms with Crippen LogP contribution in [0, 0.1) is 5.92 Å². The van der Waals surface area contributed by atoms with Crippen LogP contribution in [0.1, 0.15) is 12.8 Å². The summed E-state index contributed by atoms with van der Waals surface area (Å²) in [4.78, 5) is 2.36. The molecule has 0 aromatic heterocycles. The number of ether oxygens (including phenoxy) is 1. The maximum atomic E-state index is 5.91. The average molecular weight is 362 g/mol. The predicted molar refractivity (Wildman–Crippen MR) is 87.7 cm³/mol. The van der Waals surface area contributed by atoms with E-state index in [9.17, 15) is 0 Å². The molecule has 1 fully saturated rings. The molecule has 0 aliphatic carbocycles. The Morgan fingerprint density at radius 3 is 2.85 bits per heavy atom. The lowest BCUT2D eigenvalue weighted by molar-refractivity contribution is 0.198. The van der Waals surface area contributed by atoms with Gasteiger partial charge in [0.2, 0.25) is 0 Å². The molecule has 5 heteroatoms. The molecule has 1 N–H and O–H groups in total. The molecule has 2 rings (SSSR count). The maximum Gasteiger partial charge on any atom is 0.133 e. The molecule has 0 bridgehead atoms. The standard InChI is InChI=1S/C15H22BrClN2O/c1-19(11-12-4-6-18-7-5-12)8-9-20-15-3-2-13(17)10-14(15)16/h2-3,10,12,18H,4-9,11H2,1H3. The van der Waals surface area contributed by atoms with Crippen molar-refractivity contribution in [2.45, 2.75) is 12.8 Å². The van der Waals surface area contributed by atoms with Crippen molar-refractivity contribution in [3.05, 3.63) is 27.7 Å². The predicted octanol–water partition coefficient (Wildman–Crippen LogP) is 3.41. The molecule has 1 heterocycles. The summed E-state index contributed by atoms with van der Waals surface area (Å²) in [6.07, 6.45) is 2.57. The number of piperidine rings is 1. The van der Waals surface area contributed by atoms with Gasteiger partial charge in [0, 0.05) is 18.1 Å². The Kier molecular flexibility index (Phi) is 6.62. The Bertz CT molecular complexity index is 424. The van der Waals surface area contributed by atoms with Crippen LogP contribution >= 0.6 is 27.5 Å². The van der Waals surface area contributed by atoms with Crippen molar-refractivity contribution >= 4 is 27.5 Å². The molecule has 3 nitrogen and oxygen atoms in total. The van der Waals surface area contributed by atoms with E-state index in [0.29, 0.717) is 11.6 Å². The van der Waals surface area contributed by atoms with Crippen LogP contribution in [0.3, 0.4) is 0 Å². The van der Waals surface area contributed by atoms with Gasteiger partial charge in [-0.3, -0.25) is 0 Å². The second-order valence-corrected chi connectivity index (χ2v) is 6.67. The van der Waals surface area contributed by atoms with Gasteiger partial charge in [-0.1, -0.05) is 11.6 Å². The highest BCUT2D eigenvalue weighted by Gasteiger charge is 2.14. The highest BCUT2D eigenvalue weighted by Crippen LogP contribution is 2.27. The average Bonchev–Trinajstić information content (AvgIpc) is 2.42. The van der Waals surface area contributed by atoms with Gasteiger partial charge in [0.25, 0.3) is 0 Å². The lowest BCUT2D eigenvalue weighted by atomic mass is 9.98. The van der Waals surface area contributed by atoms with Crippen molar-refractivity contribution in [1.29, 1.82) is 0 Å². The molecule has 1 aromatic rings. The van der Waals surface area contributed by atoms with Crippen LogP contribution in [0.2, 0.25) is 5.02 Å². The molecule has 0 spiro atoms. The molecule has 0 atom stereocenters. The third-order valence-electron chi connectivity index (χ3n) is 3.65. The quantitative estimate of drug-likeness (QED) is 0.840. The lowest BCUT2D eigenvalue weighted by Crippen LogP contribution is -2.36. The van der Waals surface area contributed by atoms with E-state index in [0.717, 1.165) is 42.3 Å². The van der Waals surface area contributed by atoms with E-state index in [1.54, 1.807) is 0 Å². The highest BCUT2D eigenvalue weighted by atomic mass is 79.9. The summed E-state index contributed by atoms with van der Waals surface area (Å²) in [6.45, 7) is 5.12. The van der Waals surface area contributed by atoms with Crippen LogP contribution in [0.5, 0.6) is 5.75 Å². The molecule has 0 saturated carbocycles. The minimum absolute atomic E-state index is 0.696. The van der Waals surface area contributed by atoms with Crippen molar-refractivity contribution in [3.63, 3.8) is 0 Å². The lowest BCUT2D eigenvalue weighted by Gasteiger charge is -2.27. The number of likely N-dealkylation sites (N-methyl/N-ethyl adjacent to an activating group) is 1. The number of halogens is 2. The highest BCUT2D eigenvalue weighted by molar-refractivity contribution is 9.10. The van der Waals surface area contributed by atoms with Crippen LogP contribution in [0.25, 0.3) is 0 Å². The summed E-state index contributed by atoms with van der Waals surface area (Å²) in [6, 6.07) is 5.61. The fraction of sp³-hybridized carbons (Fsp3) is 0.600. The zero-order valence-corrected chi connectivity index (χ0v) is 14.2. The molecule has 1 aliphatic rings. The first-order valence-electron chi connectivity index (χ1n) is 7.12.